The monoisotopic (exact) mass is 439 g/mol. The van der Waals surface area contributed by atoms with Gasteiger partial charge in [0.15, 0.2) is 11.5 Å². The zero-order valence-electron chi connectivity index (χ0n) is 18.5. The summed E-state index contributed by atoms with van der Waals surface area (Å²) in [6.07, 6.45) is 4.48. The number of carbonyl (C=O) groups excluding carboxylic acids is 2. The van der Waals surface area contributed by atoms with Crippen LogP contribution in [0.4, 0.5) is 5.82 Å². The number of aryl methyl sites for hydroxylation is 1. The van der Waals surface area contributed by atoms with Crippen LogP contribution in [0, 0.1) is 0 Å². The summed E-state index contributed by atoms with van der Waals surface area (Å²) in [5.74, 6) is 0.787. The minimum absolute atomic E-state index is 0.193. The first kappa shape index (κ1) is 20.9. The van der Waals surface area contributed by atoms with E-state index in [0.717, 1.165) is 41.6 Å². The maximum atomic E-state index is 13.6. The number of rotatable bonds is 5. The molecule has 0 unspecified atom stereocenters. The largest absolute Gasteiger partial charge is 0.345 e. The number of hydrogen-bond donors (Lipinski definition) is 1. The van der Waals surface area contributed by atoms with Gasteiger partial charge in [0.1, 0.15) is 5.82 Å². The Bertz CT molecular complexity index is 1320. The quantitative estimate of drug-likeness (QED) is 0.510. The van der Waals surface area contributed by atoms with Gasteiger partial charge in [-0.25, -0.2) is 4.98 Å². The van der Waals surface area contributed by atoms with Crippen molar-refractivity contribution in [2.24, 2.45) is 0 Å². The van der Waals surface area contributed by atoms with Crippen LogP contribution in [0.1, 0.15) is 45.2 Å². The molecule has 2 aromatic carbocycles. The first-order valence-electron chi connectivity index (χ1n) is 11.2. The summed E-state index contributed by atoms with van der Waals surface area (Å²) in [4.78, 5) is 37.4. The first-order valence-corrected chi connectivity index (χ1v) is 11.2. The molecule has 0 fully saturated rings. The fraction of sp³-hybridized carbons (Fsp3) is 0.231. The second-order valence-electron chi connectivity index (χ2n) is 8.20. The minimum Gasteiger partial charge on any atom is -0.345 e. The van der Waals surface area contributed by atoms with Crippen LogP contribution in [0.25, 0.3) is 10.8 Å². The highest BCUT2D eigenvalue weighted by Crippen LogP contribution is 2.28. The van der Waals surface area contributed by atoms with Crippen LogP contribution in [0.15, 0.2) is 66.9 Å². The number of imidazole rings is 1. The summed E-state index contributed by atoms with van der Waals surface area (Å²) in [6.45, 7) is 1.02. The van der Waals surface area contributed by atoms with Crippen LogP contribution in [0.3, 0.4) is 0 Å². The van der Waals surface area contributed by atoms with E-state index in [-0.39, 0.29) is 11.8 Å². The number of hydrogen-bond acceptors (Lipinski definition) is 4. The highest BCUT2D eigenvalue weighted by molar-refractivity contribution is 6.15. The second-order valence-corrected chi connectivity index (χ2v) is 8.20. The van der Waals surface area contributed by atoms with Crippen molar-refractivity contribution < 1.29 is 9.59 Å². The van der Waals surface area contributed by atoms with E-state index in [1.54, 1.807) is 13.2 Å². The highest BCUT2D eigenvalue weighted by atomic mass is 16.2. The van der Waals surface area contributed by atoms with Crippen molar-refractivity contribution in [1.82, 2.24) is 19.9 Å². The molecule has 1 aliphatic heterocycles. The molecule has 33 heavy (non-hydrogen) atoms. The molecule has 7 nitrogen and oxygen atoms in total. The normalized spacial score (nSPS) is 12.9. The summed E-state index contributed by atoms with van der Waals surface area (Å²) in [6, 6.07) is 19.1. The average Bonchev–Trinajstić information content (AvgIpc) is 3.26. The molecule has 166 valence electrons. The van der Waals surface area contributed by atoms with Crippen molar-refractivity contribution in [3.05, 3.63) is 89.6 Å². The van der Waals surface area contributed by atoms with Gasteiger partial charge in [-0.05, 0) is 41.8 Å². The third kappa shape index (κ3) is 3.98. The number of benzene rings is 2. The Morgan fingerprint density at radius 2 is 1.85 bits per heavy atom. The molecule has 0 saturated heterocycles. The standard InChI is InChI=1S/C26H25N5O2/c1-30(26(33)21-13-8-10-18-9-2-3-12-20(18)21)24-23(31-16-7-5-14-22(31)29-24)25(32)28-17-19-11-4-6-15-27-19/h2-4,6,8-13,15H,5,7,14,16-17H2,1H3,(H,28,32). The number of fused-ring (bicyclic) bond motifs is 2. The topological polar surface area (TPSA) is 80.1 Å². The van der Waals surface area contributed by atoms with Crippen LogP contribution >= 0.6 is 0 Å². The van der Waals surface area contributed by atoms with Gasteiger partial charge in [0.05, 0.1) is 12.2 Å². The van der Waals surface area contributed by atoms with Gasteiger partial charge in [-0.3, -0.25) is 19.5 Å². The Kier molecular flexibility index (Phi) is 5.60. The van der Waals surface area contributed by atoms with Gasteiger partial charge in [0.2, 0.25) is 0 Å². The lowest BCUT2D eigenvalue weighted by molar-refractivity contribution is 0.0940. The Balaban J connectivity index is 1.50. The van der Waals surface area contributed by atoms with Gasteiger partial charge in [-0.2, -0.15) is 0 Å². The SMILES string of the molecule is CN(C(=O)c1cccc2ccccc12)c1nc2n(c1C(=O)NCc1ccccn1)CCCC2. The Morgan fingerprint density at radius 3 is 2.70 bits per heavy atom. The van der Waals surface area contributed by atoms with Crippen LogP contribution in [0.5, 0.6) is 0 Å². The molecule has 5 rings (SSSR count). The van der Waals surface area contributed by atoms with E-state index in [9.17, 15) is 9.59 Å². The molecule has 2 amide bonds. The molecule has 3 heterocycles. The summed E-state index contributed by atoms with van der Waals surface area (Å²) in [5, 5.41) is 4.83. The molecule has 7 heteroatoms. The van der Waals surface area contributed by atoms with Crippen LogP contribution in [-0.2, 0) is 19.5 Å². The Hall–Kier alpha value is -4.00. The smallest absolute Gasteiger partial charge is 0.272 e. The van der Waals surface area contributed by atoms with Gasteiger partial charge in [-0.15, -0.1) is 0 Å². The average molecular weight is 440 g/mol. The lowest BCUT2D eigenvalue weighted by Crippen LogP contribution is -2.32. The molecule has 1 aliphatic rings. The molecular weight excluding hydrogens is 414 g/mol. The highest BCUT2D eigenvalue weighted by Gasteiger charge is 2.29. The number of nitrogens with one attached hydrogen (secondary N) is 1. The van der Waals surface area contributed by atoms with Crippen molar-refractivity contribution in [3.63, 3.8) is 0 Å². The first-order chi connectivity index (χ1) is 16.1. The summed E-state index contributed by atoms with van der Waals surface area (Å²) >= 11 is 0. The van der Waals surface area contributed by atoms with E-state index in [0.29, 0.717) is 30.2 Å². The Labute approximate surface area is 192 Å². The maximum absolute atomic E-state index is 13.6. The van der Waals surface area contributed by atoms with E-state index in [1.807, 2.05) is 65.2 Å². The van der Waals surface area contributed by atoms with Crippen molar-refractivity contribution in [1.29, 1.82) is 0 Å². The van der Waals surface area contributed by atoms with Crippen molar-refractivity contribution >= 4 is 28.4 Å². The number of pyridine rings is 1. The van der Waals surface area contributed by atoms with E-state index >= 15 is 0 Å². The molecule has 1 N–H and O–H groups in total. The van der Waals surface area contributed by atoms with Crippen molar-refractivity contribution in [2.45, 2.75) is 32.4 Å². The Morgan fingerprint density at radius 1 is 1.03 bits per heavy atom. The van der Waals surface area contributed by atoms with E-state index < -0.39 is 0 Å². The minimum atomic E-state index is -0.256. The fourth-order valence-corrected chi connectivity index (χ4v) is 4.37. The van der Waals surface area contributed by atoms with Gasteiger partial charge < -0.3 is 9.88 Å². The number of anilines is 1. The molecule has 0 aliphatic carbocycles. The molecule has 2 aromatic heterocycles. The fourth-order valence-electron chi connectivity index (χ4n) is 4.37. The summed E-state index contributed by atoms with van der Waals surface area (Å²) in [5.41, 5.74) is 1.78. The van der Waals surface area contributed by atoms with Gasteiger partial charge in [-0.1, -0.05) is 42.5 Å². The number of amides is 2. The maximum Gasteiger partial charge on any atom is 0.272 e. The zero-order valence-corrected chi connectivity index (χ0v) is 18.5. The molecule has 0 radical (unpaired) electrons. The van der Waals surface area contributed by atoms with E-state index in [1.165, 1.54) is 4.90 Å². The molecule has 0 spiro atoms. The third-order valence-corrected chi connectivity index (χ3v) is 6.07. The lowest BCUT2D eigenvalue weighted by atomic mass is 10.0. The van der Waals surface area contributed by atoms with Crippen molar-refractivity contribution in [3.8, 4) is 0 Å². The van der Waals surface area contributed by atoms with Crippen LogP contribution in [-0.4, -0.2) is 33.4 Å². The van der Waals surface area contributed by atoms with E-state index in [2.05, 4.69) is 10.3 Å². The van der Waals surface area contributed by atoms with Crippen LogP contribution < -0.4 is 10.2 Å². The van der Waals surface area contributed by atoms with Gasteiger partial charge in [0, 0.05) is 31.8 Å². The summed E-state index contributed by atoms with van der Waals surface area (Å²) < 4.78 is 1.96. The summed E-state index contributed by atoms with van der Waals surface area (Å²) in [7, 11) is 1.69. The molecule has 4 aromatic rings. The zero-order chi connectivity index (χ0) is 22.8. The number of aromatic nitrogens is 3. The number of nitrogens with zero attached hydrogens (tertiary/aromatic N) is 4. The predicted octanol–water partition coefficient (Wildman–Crippen LogP) is 3.97. The molecule has 0 saturated carbocycles. The van der Waals surface area contributed by atoms with Crippen LogP contribution in [0.2, 0.25) is 0 Å². The molecular formula is C26H25N5O2. The van der Waals surface area contributed by atoms with Gasteiger partial charge >= 0.3 is 0 Å². The van der Waals surface area contributed by atoms with E-state index in [4.69, 9.17) is 4.98 Å². The second kappa shape index (κ2) is 8.86. The lowest BCUT2D eigenvalue weighted by Gasteiger charge is -2.19. The van der Waals surface area contributed by atoms with Crippen molar-refractivity contribution in [2.75, 3.05) is 11.9 Å². The molecule has 0 bridgehead atoms. The molecule has 0 atom stereocenters. The third-order valence-electron chi connectivity index (χ3n) is 6.07. The predicted molar refractivity (Wildman–Crippen MR) is 127 cm³/mol. The van der Waals surface area contributed by atoms with Gasteiger partial charge in [0.25, 0.3) is 11.8 Å². The number of carbonyl (C=O) groups is 2.